The van der Waals surface area contributed by atoms with Crippen LogP contribution in [0, 0.1) is 6.92 Å². The Morgan fingerprint density at radius 2 is 1.95 bits per heavy atom. The second-order valence-corrected chi connectivity index (χ2v) is 5.47. The Labute approximate surface area is 119 Å². The lowest BCUT2D eigenvalue weighted by atomic mass is 9.90. The van der Waals surface area contributed by atoms with Crippen LogP contribution in [0.15, 0.2) is 24.3 Å². The van der Waals surface area contributed by atoms with Gasteiger partial charge in [0.05, 0.1) is 5.69 Å². The Bertz CT molecular complexity index is 612. The molecule has 0 saturated carbocycles. The zero-order chi connectivity index (χ0) is 14.1. The van der Waals surface area contributed by atoms with Crippen LogP contribution in [0.4, 0.5) is 5.82 Å². The number of hydrogen-bond acceptors (Lipinski definition) is 3. The zero-order valence-corrected chi connectivity index (χ0v) is 12.1. The van der Waals surface area contributed by atoms with Gasteiger partial charge in [-0.25, -0.2) is 0 Å². The Morgan fingerprint density at radius 3 is 2.65 bits per heavy atom. The lowest BCUT2D eigenvalue weighted by Gasteiger charge is -2.21. The van der Waals surface area contributed by atoms with Crippen LogP contribution < -0.4 is 5.73 Å². The van der Waals surface area contributed by atoms with Gasteiger partial charge in [-0.05, 0) is 30.9 Å². The van der Waals surface area contributed by atoms with Gasteiger partial charge < -0.3 is 10.5 Å². The lowest BCUT2D eigenvalue weighted by Crippen LogP contribution is -2.15. The molecule has 20 heavy (non-hydrogen) atoms. The number of nitrogens with two attached hydrogens (primary N) is 1. The smallest absolute Gasteiger partial charge is 0.129 e. The third-order valence-electron chi connectivity index (χ3n) is 4.14. The number of nitrogen functional groups attached to an aromatic ring is 1. The van der Waals surface area contributed by atoms with Gasteiger partial charge in [0.2, 0.25) is 0 Å². The molecule has 1 aromatic carbocycles. The fourth-order valence-corrected chi connectivity index (χ4v) is 2.94. The van der Waals surface area contributed by atoms with Crippen molar-refractivity contribution in [1.82, 2.24) is 9.78 Å². The van der Waals surface area contributed by atoms with Gasteiger partial charge in [0, 0.05) is 31.7 Å². The maximum absolute atomic E-state index is 6.28. The normalized spacial score (nSPS) is 16.5. The summed E-state index contributed by atoms with van der Waals surface area (Å²) in [5, 5.41) is 4.69. The van der Waals surface area contributed by atoms with Crippen LogP contribution in [-0.4, -0.2) is 23.0 Å². The SMILES string of the molecule is Cc1ccccc1-c1c(C2CCOCC2)nn(C)c1N. The number of rotatable bonds is 2. The summed E-state index contributed by atoms with van der Waals surface area (Å²) in [5.74, 6) is 1.20. The van der Waals surface area contributed by atoms with E-state index in [1.807, 2.05) is 7.05 Å². The van der Waals surface area contributed by atoms with Crippen LogP contribution in [0.1, 0.15) is 30.0 Å². The molecule has 0 atom stereocenters. The molecular weight excluding hydrogens is 250 g/mol. The zero-order valence-electron chi connectivity index (χ0n) is 12.1. The molecule has 1 aromatic heterocycles. The number of anilines is 1. The van der Waals surface area contributed by atoms with E-state index >= 15 is 0 Å². The quantitative estimate of drug-likeness (QED) is 0.913. The summed E-state index contributed by atoms with van der Waals surface area (Å²) in [6, 6.07) is 8.36. The maximum Gasteiger partial charge on any atom is 0.129 e. The Hall–Kier alpha value is -1.81. The highest BCUT2D eigenvalue weighted by molar-refractivity contribution is 5.79. The van der Waals surface area contributed by atoms with Crippen molar-refractivity contribution >= 4 is 5.82 Å². The van der Waals surface area contributed by atoms with E-state index in [0.29, 0.717) is 5.92 Å². The van der Waals surface area contributed by atoms with Crippen molar-refractivity contribution in [2.45, 2.75) is 25.7 Å². The molecule has 1 aliphatic rings. The van der Waals surface area contributed by atoms with Gasteiger partial charge in [0.15, 0.2) is 0 Å². The topological polar surface area (TPSA) is 53.1 Å². The summed E-state index contributed by atoms with van der Waals surface area (Å²) in [5.41, 5.74) is 10.9. The van der Waals surface area contributed by atoms with Crippen molar-refractivity contribution in [2.24, 2.45) is 7.05 Å². The fourth-order valence-electron chi connectivity index (χ4n) is 2.94. The first kappa shape index (κ1) is 13.2. The van der Waals surface area contributed by atoms with Crippen molar-refractivity contribution in [1.29, 1.82) is 0 Å². The molecule has 0 amide bonds. The highest BCUT2D eigenvalue weighted by Gasteiger charge is 2.25. The first-order chi connectivity index (χ1) is 9.68. The summed E-state index contributed by atoms with van der Waals surface area (Å²) < 4.78 is 7.26. The molecule has 1 aliphatic heterocycles. The third kappa shape index (κ3) is 2.20. The second kappa shape index (κ2) is 5.29. The number of hydrogen-bond donors (Lipinski definition) is 1. The molecule has 106 valence electrons. The first-order valence-corrected chi connectivity index (χ1v) is 7.14. The lowest BCUT2D eigenvalue weighted by molar-refractivity contribution is 0.0845. The van der Waals surface area contributed by atoms with Gasteiger partial charge in [-0.2, -0.15) is 5.10 Å². The van der Waals surface area contributed by atoms with Gasteiger partial charge in [0.1, 0.15) is 5.82 Å². The molecule has 4 nitrogen and oxygen atoms in total. The molecular formula is C16H21N3O. The summed E-state index contributed by atoms with van der Waals surface area (Å²) in [6.07, 6.45) is 2.05. The van der Waals surface area contributed by atoms with E-state index in [2.05, 4.69) is 36.3 Å². The van der Waals surface area contributed by atoms with Crippen LogP contribution in [0.3, 0.4) is 0 Å². The van der Waals surface area contributed by atoms with E-state index < -0.39 is 0 Å². The average molecular weight is 271 g/mol. The van der Waals surface area contributed by atoms with Gasteiger partial charge in [0.25, 0.3) is 0 Å². The van der Waals surface area contributed by atoms with Crippen LogP contribution in [0.2, 0.25) is 0 Å². The minimum absolute atomic E-state index is 0.446. The third-order valence-corrected chi connectivity index (χ3v) is 4.14. The summed E-state index contributed by atoms with van der Waals surface area (Å²) in [6.45, 7) is 3.75. The van der Waals surface area contributed by atoms with Gasteiger partial charge >= 0.3 is 0 Å². The predicted octanol–water partition coefficient (Wildman–Crippen LogP) is 2.87. The molecule has 0 spiro atoms. The summed E-state index contributed by atoms with van der Waals surface area (Å²) in [4.78, 5) is 0. The average Bonchev–Trinajstić information content (AvgIpc) is 2.77. The first-order valence-electron chi connectivity index (χ1n) is 7.14. The number of nitrogens with zero attached hydrogens (tertiary/aromatic N) is 2. The van der Waals surface area contributed by atoms with E-state index in [0.717, 1.165) is 43.1 Å². The number of ether oxygens (including phenoxy) is 1. The van der Waals surface area contributed by atoms with Crippen molar-refractivity contribution in [3.8, 4) is 11.1 Å². The molecule has 4 heteroatoms. The van der Waals surface area contributed by atoms with Crippen molar-refractivity contribution in [3.05, 3.63) is 35.5 Å². The maximum atomic E-state index is 6.28. The molecule has 3 rings (SSSR count). The minimum Gasteiger partial charge on any atom is -0.383 e. The molecule has 0 unspecified atom stereocenters. The summed E-state index contributed by atoms with van der Waals surface area (Å²) in [7, 11) is 1.92. The fraction of sp³-hybridized carbons (Fsp3) is 0.438. The molecule has 2 aromatic rings. The molecule has 0 bridgehead atoms. The van der Waals surface area contributed by atoms with Crippen molar-refractivity contribution < 1.29 is 4.74 Å². The summed E-state index contributed by atoms with van der Waals surface area (Å²) >= 11 is 0. The predicted molar refractivity (Wildman–Crippen MR) is 80.6 cm³/mol. The van der Waals surface area contributed by atoms with Gasteiger partial charge in [-0.15, -0.1) is 0 Å². The molecule has 2 heterocycles. The Kier molecular flexibility index (Phi) is 3.49. The van der Waals surface area contributed by atoms with E-state index in [1.165, 1.54) is 11.1 Å². The second-order valence-electron chi connectivity index (χ2n) is 5.47. The monoisotopic (exact) mass is 271 g/mol. The van der Waals surface area contributed by atoms with E-state index in [1.54, 1.807) is 4.68 Å². The Balaban J connectivity index is 2.12. The molecule has 0 radical (unpaired) electrons. The molecule has 2 N–H and O–H groups in total. The van der Waals surface area contributed by atoms with Crippen molar-refractivity contribution in [2.75, 3.05) is 18.9 Å². The minimum atomic E-state index is 0.446. The molecule has 1 fully saturated rings. The molecule has 1 saturated heterocycles. The molecule has 0 aliphatic carbocycles. The number of aryl methyl sites for hydroxylation is 2. The van der Waals surface area contributed by atoms with Crippen LogP contribution >= 0.6 is 0 Å². The Morgan fingerprint density at radius 1 is 1.25 bits per heavy atom. The highest BCUT2D eigenvalue weighted by Crippen LogP contribution is 2.38. The van der Waals surface area contributed by atoms with Crippen LogP contribution in [0.5, 0.6) is 0 Å². The van der Waals surface area contributed by atoms with Crippen molar-refractivity contribution in [3.63, 3.8) is 0 Å². The van der Waals surface area contributed by atoms with Gasteiger partial charge in [-0.3, -0.25) is 4.68 Å². The number of aromatic nitrogens is 2. The number of benzene rings is 1. The van der Waals surface area contributed by atoms with E-state index in [9.17, 15) is 0 Å². The van der Waals surface area contributed by atoms with Gasteiger partial charge in [-0.1, -0.05) is 24.3 Å². The largest absolute Gasteiger partial charge is 0.383 e. The van der Waals surface area contributed by atoms with E-state index in [-0.39, 0.29) is 0 Å². The highest BCUT2D eigenvalue weighted by atomic mass is 16.5. The van der Waals surface area contributed by atoms with Crippen LogP contribution in [-0.2, 0) is 11.8 Å². The standard InChI is InChI=1S/C16H21N3O/c1-11-5-3-4-6-13(11)14-15(18-19(2)16(14)17)12-7-9-20-10-8-12/h3-6,12H,7-10,17H2,1-2H3. The van der Waals surface area contributed by atoms with E-state index in [4.69, 9.17) is 10.5 Å². The van der Waals surface area contributed by atoms with Crippen LogP contribution in [0.25, 0.3) is 11.1 Å².